The summed E-state index contributed by atoms with van der Waals surface area (Å²) in [6.07, 6.45) is -8.59. The second-order valence-electron chi connectivity index (χ2n) is 4.31. The lowest BCUT2D eigenvalue weighted by molar-refractivity contribution is -0.141. The van der Waals surface area contributed by atoms with E-state index in [0.717, 1.165) is 12.1 Å². The maximum absolute atomic E-state index is 12.7. The molecule has 1 aromatic heterocycles. The molecule has 8 heteroatoms. The Kier molecular flexibility index (Phi) is 3.65. The van der Waals surface area contributed by atoms with Gasteiger partial charge in [-0.2, -0.15) is 26.3 Å². The number of benzene rings is 1. The van der Waals surface area contributed by atoms with Crippen LogP contribution in [0.4, 0.5) is 26.3 Å². The van der Waals surface area contributed by atoms with E-state index >= 15 is 0 Å². The highest BCUT2D eigenvalue weighted by Crippen LogP contribution is 2.34. The third-order valence-corrected chi connectivity index (χ3v) is 2.80. The average molecular weight is 306 g/mol. The highest BCUT2D eigenvalue weighted by atomic mass is 19.4. The van der Waals surface area contributed by atoms with Crippen LogP contribution in [0.15, 0.2) is 30.6 Å². The van der Waals surface area contributed by atoms with Gasteiger partial charge in [0, 0.05) is 5.56 Å². The molecule has 0 saturated heterocycles. The summed E-state index contributed by atoms with van der Waals surface area (Å²) in [5.74, 6) is 0. The van der Waals surface area contributed by atoms with Gasteiger partial charge < -0.3 is 0 Å². The Morgan fingerprint density at radius 2 is 1.52 bits per heavy atom. The molecule has 0 N–H and O–H groups in total. The molecule has 0 aliphatic carbocycles. The van der Waals surface area contributed by atoms with Gasteiger partial charge in [0.2, 0.25) is 0 Å². The molecule has 0 unspecified atom stereocenters. The lowest BCUT2D eigenvalue weighted by Gasteiger charge is -2.12. The molecular formula is C13H8F6N2. The third kappa shape index (κ3) is 3.32. The van der Waals surface area contributed by atoms with Crippen molar-refractivity contribution < 1.29 is 26.3 Å². The summed E-state index contributed by atoms with van der Waals surface area (Å²) in [7, 11) is 0. The molecule has 0 radical (unpaired) electrons. The number of aryl methyl sites for hydroxylation is 1. The Bertz CT molecular complexity index is 660. The van der Waals surface area contributed by atoms with Crippen LogP contribution in [0, 0.1) is 6.92 Å². The standard InChI is InChI=1S/C13H8F6N2/c1-7-2-3-8(12(14,15)16)4-9(7)10-5-11(13(17,18)19)21-6-20-10/h2-6H,1H3. The van der Waals surface area contributed by atoms with Gasteiger partial charge in [-0.1, -0.05) is 6.07 Å². The minimum absolute atomic E-state index is 0.0160. The van der Waals surface area contributed by atoms with Gasteiger partial charge in [0.15, 0.2) is 0 Å². The number of aromatic nitrogens is 2. The predicted molar refractivity (Wildman–Crippen MR) is 62.2 cm³/mol. The summed E-state index contributed by atoms with van der Waals surface area (Å²) in [6, 6.07) is 3.46. The number of hydrogen-bond acceptors (Lipinski definition) is 2. The summed E-state index contributed by atoms with van der Waals surface area (Å²) in [5.41, 5.74) is -1.99. The average Bonchev–Trinajstić information content (AvgIpc) is 2.37. The fourth-order valence-corrected chi connectivity index (χ4v) is 1.73. The first-order valence-corrected chi connectivity index (χ1v) is 5.66. The lowest BCUT2D eigenvalue weighted by atomic mass is 10.0. The van der Waals surface area contributed by atoms with Crippen LogP contribution >= 0.6 is 0 Å². The summed E-state index contributed by atoms with van der Waals surface area (Å²) in [4.78, 5) is 6.71. The van der Waals surface area contributed by atoms with Crippen LogP contribution in [0.2, 0.25) is 0 Å². The first-order valence-electron chi connectivity index (χ1n) is 5.66. The second kappa shape index (κ2) is 5.01. The van der Waals surface area contributed by atoms with E-state index in [1.165, 1.54) is 13.0 Å². The van der Waals surface area contributed by atoms with E-state index < -0.39 is 23.6 Å². The Balaban J connectivity index is 2.57. The van der Waals surface area contributed by atoms with Gasteiger partial charge in [0.25, 0.3) is 0 Å². The van der Waals surface area contributed by atoms with Crippen LogP contribution in [-0.2, 0) is 12.4 Å². The predicted octanol–water partition coefficient (Wildman–Crippen LogP) is 4.49. The SMILES string of the molecule is Cc1ccc(C(F)(F)F)cc1-c1cc(C(F)(F)F)ncn1. The summed E-state index contributed by atoms with van der Waals surface area (Å²) in [6.45, 7) is 1.49. The van der Waals surface area contributed by atoms with E-state index in [-0.39, 0.29) is 11.3 Å². The Hall–Kier alpha value is -2.12. The molecule has 2 rings (SSSR count). The van der Waals surface area contributed by atoms with Crippen molar-refractivity contribution in [2.24, 2.45) is 0 Å². The van der Waals surface area contributed by atoms with Crippen molar-refractivity contribution in [2.75, 3.05) is 0 Å². The Morgan fingerprint density at radius 1 is 0.857 bits per heavy atom. The third-order valence-electron chi connectivity index (χ3n) is 2.80. The smallest absolute Gasteiger partial charge is 0.236 e. The van der Waals surface area contributed by atoms with Gasteiger partial charge in [-0.15, -0.1) is 0 Å². The molecule has 112 valence electrons. The van der Waals surface area contributed by atoms with Gasteiger partial charge in [0.1, 0.15) is 12.0 Å². The van der Waals surface area contributed by atoms with E-state index in [4.69, 9.17) is 0 Å². The van der Waals surface area contributed by atoms with E-state index in [2.05, 4.69) is 9.97 Å². The van der Waals surface area contributed by atoms with Crippen LogP contribution in [-0.4, -0.2) is 9.97 Å². The first-order chi connectivity index (χ1) is 9.59. The van der Waals surface area contributed by atoms with Gasteiger partial charge in [-0.05, 0) is 30.7 Å². The minimum atomic E-state index is -4.69. The zero-order valence-electron chi connectivity index (χ0n) is 10.5. The molecule has 0 atom stereocenters. The summed E-state index contributed by atoms with van der Waals surface area (Å²) >= 11 is 0. The monoisotopic (exact) mass is 306 g/mol. The zero-order chi connectivity index (χ0) is 15.8. The molecule has 2 nitrogen and oxygen atoms in total. The zero-order valence-corrected chi connectivity index (χ0v) is 10.5. The molecule has 0 aliphatic heterocycles. The molecular weight excluding hydrogens is 298 g/mol. The van der Waals surface area contributed by atoms with Crippen molar-refractivity contribution in [3.63, 3.8) is 0 Å². The summed E-state index contributed by atoms with van der Waals surface area (Å²) < 4.78 is 75.8. The fraction of sp³-hybridized carbons (Fsp3) is 0.231. The van der Waals surface area contributed by atoms with Gasteiger partial charge in [-0.25, -0.2) is 9.97 Å². The molecule has 21 heavy (non-hydrogen) atoms. The quantitative estimate of drug-likeness (QED) is 0.725. The topological polar surface area (TPSA) is 25.8 Å². The van der Waals surface area contributed by atoms with Crippen LogP contribution in [0.5, 0.6) is 0 Å². The first kappa shape index (κ1) is 15.3. The molecule has 0 saturated carbocycles. The lowest BCUT2D eigenvalue weighted by Crippen LogP contribution is -2.09. The van der Waals surface area contributed by atoms with Crippen LogP contribution in [0.1, 0.15) is 16.8 Å². The number of hydrogen-bond donors (Lipinski definition) is 0. The highest BCUT2D eigenvalue weighted by molar-refractivity contribution is 5.64. The van der Waals surface area contributed by atoms with E-state index in [0.29, 0.717) is 18.0 Å². The van der Waals surface area contributed by atoms with Crippen molar-refractivity contribution in [1.82, 2.24) is 9.97 Å². The molecule has 0 aliphatic rings. The van der Waals surface area contributed by atoms with E-state index in [9.17, 15) is 26.3 Å². The number of halogens is 6. The highest BCUT2D eigenvalue weighted by Gasteiger charge is 2.34. The Morgan fingerprint density at radius 3 is 2.10 bits per heavy atom. The molecule has 0 fully saturated rings. The van der Waals surface area contributed by atoms with E-state index in [1.807, 2.05) is 0 Å². The van der Waals surface area contributed by atoms with Gasteiger partial charge in [-0.3, -0.25) is 0 Å². The fourth-order valence-electron chi connectivity index (χ4n) is 1.73. The number of alkyl halides is 6. The van der Waals surface area contributed by atoms with E-state index in [1.54, 1.807) is 0 Å². The molecule has 2 aromatic rings. The molecule has 0 amide bonds. The van der Waals surface area contributed by atoms with Crippen molar-refractivity contribution in [2.45, 2.75) is 19.3 Å². The molecule has 0 spiro atoms. The maximum atomic E-state index is 12.7. The van der Waals surface area contributed by atoms with Crippen LogP contribution < -0.4 is 0 Å². The van der Waals surface area contributed by atoms with Crippen LogP contribution in [0.25, 0.3) is 11.3 Å². The molecule has 1 heterocycles. The second-order valence-corrected chi connectivity index (χ2v) is 4.31. The minimum Gasteiger partial charge on any atom is -0.236 e. The maximum Gasteiger partial charge on any atom is 0.433 e. The molecule has 0 bridgehead atoms. The van der Waals surface area contributed by atoms with Crippen molar-refractivity contribution in [3.05, 3.63) is 47.4 Å². The number of nitrogens with zero attached hydrogens (tertiary/aromatic N) is 2. The normalized spacial score (nSPS) is 12.5. The van der Waals surface area contributed by atoms with Crippen molar-refractivity contribution in [3.8, 4) is 11.3 Å². The largest absolute Gasteiger partial charge is 0.433 e. The van der Waals surface area contributed by atoms with Gasteiger partial charge in [0.05, 0.1) is 11.3 Å². The summed E-state index contributed by atoms with van der Waals surface area (Å²) in [5, 5.41) is 0. The number of rotatable bonds is 1. The van der Waals surface area contributed by atoms with Gasteiger partial charge >= 0.3 is 12.4 Å². The Labute approximate surface area is 115 Å². The van der Waals surface area contributed by atoms with Crippen LogP contribution in [0.3, 0.4) is 0 Å². The van der Waals surface area contributed by atoms with Crippen molar-refractivity contribution >= 4 is 0 Å². The molecule has 1 aromatic carbocycles. The van der Waals surface area contributed by atoms with Crippen molar-refractivity contribution in [1.29, 1.82) is 0 Å².